The first kappa shape index (κ1) is 46.0. The van der Waals surface area contributed by atoms with Gasteiger partial charge >= 0.3 is 0 Å². The van der Waals surface area contributed by atoms with Crippen molar-refractivity contribution in [2.75, 3.05) is 0 Å². The van der Waals surface area contributed by atoms with Crippen LogP contribution in [0.25, 0.3) is 144 Å². The molecule has 0 N–H and O–H groups in total. The first-order valence-electron chi connectivity index (χ1n) is 28.4. The summed E-state index contributed by atoms with van der Waals surface area (Å²) in [5, 5.41) is 7.43. The van der Waals surface area contributed by atoms with Crippen molar-refractivity contribution in [3.8, 4) is 78.1 Å². The van der Waals surface area contributed by atoms with Gasteiger partial charge in [-0.05, 0) is 180 Å². The number of benzene rings is 12. The molecule has 0 saturated carbocycles. The number of para-hydroxylation sites is 3. The fourth-order valence-corrected chi connectivity index (χ4v) is 14.6. The summed E-state index contributed by atoms with van der Waals surface area (Å²) in [4.78, 5) is 0. The second-order valence-electron chi connectivity index (χ2n) is 23.6. The van der Waals surface area contributed by atoms with Gasteiger partial charge in [0.1, 0.15) is 11.2 Å². The summed E-state index contributed by atoms with van der Waals surface area (Å²) in [5.74, 6) is 0. The number of nitrogens with zero attached hydrogens (tertiary/aromatic N) is 2. The summed E-state index contributed by atoms with van der Waals surface area (Å²) in [6, 6.07) is 94.8. The maximum absolute atomic E-state index is 6.29. The normalized spacial score (nSPS) is 13.9. The van der Waals surface area contributed by atoms with E-state index in [9.17, 15) is 0 Å². The van der Waals surface area contributed by atoms with Gasteiger partial charge in [-0.3, -0.25) is 0 Å². The van der Waals surface area contributed by atoms with E-state index in [0.29, 0.717) is 0 Å². The minimum atomic E-state index is -0.183. The molecule has 2 aliphatic rings. The lowest BCUT2D eigenvalue weighted by Crippen LogP contribution is -2.14. The van der Waals surface area contributed by atoms with Gasteiger partial charge in [0.05, 0.1) is 22.1 Å². The molecule has 12 aromatic carbocycles. The maximum atomic E-state index is 6.29. The third-order valence-corrected chi connectivity index (χ3v) is 18.5. The second kappa shape index (κ2) is 16.8. The van der Waals surface area contributed by atoms with Gasteiger partial charge in [-0.25, -0.2) is 0 Å². The molecule has 0 amide bonds. The smallest absolute Gasteiger partial charge is 0.135 e. The van der Waals surface area contributed by atoms with Crippen LogP contribution in [0.2, 0.25) is 0 Å². The van der Waals surface area contributed by atoms with Crippen LogP contribution in [-0.4, -0.2) is 9.13 Å². The number of rotatable bonds is 6. The van der Waals surface area contributed by atoms with Gasteiger partial charge in [-0.2, -0.15) is 0 Å². The summed E-state index contributed by atoms with van der Waals surface area (Å²) >= 11 is 0. The highest BCUT2D eigenvalue weighted by Gasteiger charge is 2.39. The zero-order valence-electron chi connectivity index (χ0n) is 45.6. The van der Waals surface area contributed by atoms with Crippen LogP contribution in [0.3, 0.4) is 0 Å². The third-order valence-electron chi connectivity index (χ3n) is 18.5. The third kappa shape index (κ3) is 6.58. The highest BCUT2D eigenvalue weighted by molar-refractivity contribution is 6.20. The molecule has 3 aromatic heterocycles. The summed E-state index contributed by atoms with van der Waals surface area (Å²) in [5.41, 5.74) is 29.0. The van der Waals surface area contributed by atoms with E-state index >= 15 is 0 Å². The average molecular weight is 1040 g/mol. The molecule has 0 unspecified atom stereocenters. The highest BCUT2D eigenvalue weighted by atomic mass is 16.3. The van der Waals surface area contributed by atoms with Gasteiger partial charge in [-0.15, -0.1) is 0 Å². The molecule has 0 aliphatic heterocycles. The highest BCUT2D eigenvalue weighted by Crippen LogP contribution is 2.56. The van der Waals surface area contributed by atoms with Gasteiger partial charge in [-0.1, -0.05) is 191 Å². The van der Waals surface area contributed by atoms with E-state index in [2.05, 4.69) is 286 Å². The van der Waals surface area contributed by atoms with Crippen LogP contribution in [0.15, 0.2) is 259 Å². The van der Waals surface area contributed by atoms with Crippen molar-refractivity contribution >= 4 is 65.6 Å². The van der Waals surface area contributed by atoms with E-state index in [1.54, 1.807) is 0 Å². The molecule has 15 aromatic rings. The summed E-state index contributed by atoms with van der Waals surface area (Å²) < 4.78 is 11.2. The van der Waals surface area contributed by atoms with E-state index in [1.165, 1.54) is 133 Å². The van der Waals surface area contributed by atoms with Crippen LogP contribution < -0.4 is 0 Å². The Morgan fingerprint density at radius 1 is 0.272 bits per heavy atom. The van der Waals surface area contributed by atoms with E-state index in [-0.39, 0.29) is 10.8 Å². The molecule has 2 aliphatic carbocycles. The summed E-state index contributed by atoms with van der Waals surface area (Å²) in [7, 11) is 0. The zero-order valence-corrected chi connectivity index (χ0v) is 45.6. The Kier molecular flexibility index (Phi) is 9.53. The van der Waals surface area contributed by atoms with E-state index in [1.807, 2.05) is 6.07 Å². The fraction of sp³-hybridized carbons (Fsp3) is 0.0769. The largest absolute Gasteiger partial charge is 0.456 e. The monoisotopic (exact) mass is 1030 g/mol. The summed E-state index contributed by atoms with van der Waals surface area (Å²) in [6.07, 6.45) is 0. The number of hydrogen-bond acceptors (Lipinski definition) is 1. The van der Waals surface area contributed by atoms with Gasteiger partial charge in [0.15, 0.2) is 0 Å². The van der Waals surface area contributed by atoms with Crippen molar-refractivity contribution in [1.82, 2.24) is 9.13 Å². The molecular weight excluding hydrogens is 981 g/mol. The lowest BCUT2D eigenvalue weighted by atomic mass is 9.82. The predicted molar refractivity (Wildman–Crippen MR) is 339 cm³/mol. The molecule has 0 spiro atoms. The second-order valence-corrected chi connectivity index (χ2v) is 23.6. The SMILES string of the molecule is CC1(C)c2ccccc2-c2c1ccc1c2c2ccccc2n1-c1ccc(-c2cc(-c3ccccc3)cc(-c3cccc(-c4ccc5c(c4)-c4c(ccc6c4c4ccccc4n6-c4ccc6oc7ccccc7c6c4)C5(C)C)c3)c2)cc1. The Labute approximate surface area is 470 Å². The Hall–Kier alpha value is -9.96. The van der Waals surface area contributed by atoms with Crippen LogP contribution in [0.1, 0.15) is 49.9 Å². The van der Waals surface area contributed by atoms with Crippen LogP contribution in [-0.2, 0) is 10.8 Å². The van der Waals surface area contributed by atoms with Gasteiger partial charge < -0.3 is 13.6 Å². The Balaban J connectivity index is 0.772. The van der Waals surface area contributed by atoms with Crippen molar-refractivity contribution < 1.29 is 4.42 Å². The zero-order chi connectivity index (χ0) is 53.9. The molecule has 17 rings (SSSR count). The standard InChI is InChI=1S/C78H54N2O/c1-77(2)63-25-12-8-22-58(63)73-65(77)36-38-69-75(73)59-23-9-13-26-67(59)79(69)55-32-29-48(30-33-55)53-42-52(47-17-6-5-7-18-47)43-54(44-53)50-20-16-19-49(41-50)51-31-35-64-62(45-51)74-66(78(64,3)4)37-39-70-76(74)60-24-10-14-27-68(60)80(70)56-34-40-72-61(46-56)57-21-11-15-28-71(57)81-72/h5-46H,1-4H3. The van der Waals surface area contributed by atoms with Crippen LogP contribution in [0, 0.1) is 0 Å². The number of aromatic nitrogens is 2. The molecule has 0 atom stereocenters. The van der Waals surface area contributed by atoms with Crippen LogP contribution in [0.5, 0.6) is 0 Å². The minimum absolute atomic E-state index is 0.0701. The van der Waals surface area contributed by atoms with Crippen molar-refractivity contribution in [2.45, 2.75) is 38.5 Å². The first-order valence-corrected chi connectivity index (χ1v) is 28.4. The van der Waals surface area contributed by atoms with E-state index in [0.717, 1.165) is 33.3 Å². The van der Waals surface area contributed by atoms with Crippen LogP contribution >= 0.6 is 0 Å². The molecule has 0 saturated heterocycles. The molecule has 0 radical (unpaired) electrons. The lowest BCUT2D eigenvalue weighted by Gasteiger charge is -2.21. The molecule has 3 nitrogen and oxygen atoms in total. The predicted octanol–water partition coefficient (Wildman–Crippen LogP) is 21.1. The molecule has 0 fully saturated rings. The van der Waals surface area contributed by atoms with Gasteiger partial charge in [0.25, 0.3) is 0 Å². The molecule has 382 valence electrons. The van der Waals surface area contributed by atoms with Gasteiger partial charge in [0, 0.05) is 54.5 Å². The lowest BCUT2D eigenvalue weighted by molar-refractivity contribution is 0.660. The van der Waals surface area contributed by atoms with Crippen molar-refractivity contribution in [2.24, 2.45) is 0 Å². The maximum Gasteiger partial charge on any atom is 0.135 e. The molecule has 3 heteroatoms. The number of hydrogen-bond donors (Lipinski definition) is 0. The molecule has 0 bridgehead atoms. The van der Waals surface area contributed by atoms with Crippen LogP contribution in [0.4, 0.5) is 0 Å². The van der Waals surface area contributed by atoms with Crippen molar-refractivity contribution in [1.29, 1.82) is 0 Å². The molecule has 3 heterocycles. The first-order chi connectivity index (χ1) is 39.7. The number of furan rings is 1. The Morgan fingerprint density at radius 2 is 0.728 bits per heavy atom. The van der Waals surface area contributed by atoms with Gasteiger partial charge in [0.2, 0.25) is 0 Å². The quantitative estimate of drug-likeness (QED) is 0.163. The van der Waals surface area contributed by atoms with Crippen molar-refractivity contribution in [3.05, 3.63) is 277 Å². The Bertz CT molecular complexity index is 5160. The fourth-order valence-electron chi connectivity index (χ4n) is 14.6. The average Bonchev–Trinajstić information content (AvgIpc) is 4.43. The number of fused-ring (bicyclic) bond motifs is 17. The van der Waals surface area contributed by atoms with E-state index in [4.69, 9.17) is 4.42 Å². The minimum Gasteiger partial charge on any atom is -0.456 e. The van der Waals surface area contributed by atoms with Crippen molar-refractivity contribution in [3.63, 3.8) is 0 Å². The topological polar surface area (TPSA) is 23.0 Å². The van der Waals surface area contributed by atoms with E-state index < -0.39 is 0 Å². The molecular formula is C78H54N2O. The Morgan fingerprint density at radius 3 is 1.42 bits per heavy atom. The summed E-state index contributed by atoms with van der Waals surface area (Å²) in [6.45, 7) is 9.52. The molecule has 81 heavy (non-hydrogen) atoms.